The number of benzene rings is 3. The van der Waals surface area contributed by atoms with E-state index in [1.54, 1.807) is 0 Å². The molecule has 2 heterocycles. The second kappa shape index (κ2) is 6.86. The topological polar surface area (TPSA) is 29.9 Å². The largest absolute Gasteiger partial charge is 0.370 e. The number of hydrogen-bond donors (Lipinski definition) is 1. The summed E-state index contributed by atoms with van der Waals surface area (Å²) >= 11 is 3.53. The van der Waals surface area contributed by atoms with Crippen molar-refractivity contribution in [2.45, 2.75) is 19.3 Å². The normalized spacial score (nSPS) is 13.8. The van der Waals surface area contributed by atoms with Gasteiger partial charge in [0.1, 0.15) is 5.82 Å². The van der Waals surface area contributed by atoms with Crippen LogP contribution in [-0.4, -0.2) is 16.3 Å². The van der Waals surface area contributed by atoms with Crippen LogP contribution in [0.15, 0.2) is 71.2 Å². The first-order valence-corrected chi connectivity index (χ1v) is 10.2. The lowest BCUT2D eigenvalue weighted by Gasteiger charge is -2.09. The maximum Gasteiger partial charge on any atom is 0.133 e. The van der Waals surface area contributed by atoms with Crippen LogP contribution in [0.5, 0.6) is 0 Å². The van der Waals surface area contributed by atoms with Crippen LogP contribution in [0.3, 0.4) is 0 Å². The Morgan fingerprint density at radius 1 is 0.889 bits per heavy atom. The van der Waals surface area contributed by atoms with Crippen LogP contribution < -0.4 is 5.32 Å². The first-order valence-electron chi connectivity index (χ1n) is 9.40. The number of hydrogen-bond acceptors (Lipinski definition) is 2. The Balaban J connectivity index is 1.70. The molecule has 5 rings (SSSR count). The summed E-state index contributed by atoms with van der Waals surface area (Å²) in [5.74, 6) is 1.14. The molecule has 0 spiro atoms. The highest BCUT2D eigenvalue weighted by Gasteiger charge is 2.21. The van der Waals surface area contributed by atoms with E-state index in [2.05, 4.69) is 92.7 Å². The molecule has 1 N–H and O–H groups in total. The molecule has 0 saturated heterocycles. The van der Waals surface area contributed by atoms with Crippen molar-refractivity contribution in [2.75, 3.05) is 11.9 Å². The van der Waals surface area contributed by atoms with Crippen molar-refractivity contribution < 1.29 is 0 Å². The number of fused-ring (bicyclic) bond motifs is 2. The lowest BCUT2D eigenvalue weighted by molar-refractivity contribution is 0.780. The molecule has 0 atom stereocenters. The molecule has 3 aromatic carbocycles. The van der Waals surface area contributed by atoms with Crippen molar-refractivity contribution in [1.29, 1.82) is 0 Å². The summed E-state index contributed by atoms with van der Waals surface area (Å²) in [6, 6.07) is 23.5. The second-order valence-corrected chi connectivity index (χ2v) is 7.93. The number of nitrogens with one attached hydrogen (secondary N) is 1. The molecule has 0 unspecified atom stereocenters. The third-order valence-electron chi connectivity index (χ3n) is 5.22. The molecular weight excluding hydrogens is 398 g/mol. The lowest BCUT2D eigenvalue weighted by atomic mass is 10.0. The predicted octanol–water partition coefficient (Wildman–Crippen LogP) is 6.20. The summed E-state index contributed by atoms with van der Waals surface area (Å²) in [6.07, 6.45) is 3.43. The summed E-state index contributed by atoms with van der Waals surface area (Å²) in [5.41, 5.74) is 4.68. The van der Waals surface area contributed by atoms with Crippen molar-refractivity contribution in [3.63, 3.8) is 0 Å². The molecule has 0 saturated carbocycles. The molecule has 3 nitrogen and oxygen atoms in total. The highest BCUT2D eigenvalue weighted by atomic mass is 79.9. The first-order chi connectivity index (χ1) is 13.3. The van der Waals surface area contributed by atoms with Gasteiger partial charge < -0.3 is 5.32 Å². The van der Waals surface area contributed by atoms with Crippen LogP contribution in [0.2, 0.25) is 0 Å². The van der Waals surface area contributed by atoms with Gasteiger partial charge in [0.05, 0.1) is 11.4 Å². The Kier molecular flexibility index (Phi) is 4.21. The van der Waals surface area contributed by atoms with Crippen molar-refractivity contribution in [2.24, 2.45) is 0 Å². The quantitative estimate of drug-likeness (QED) is 0.420. The molecule has 1 aliphatic heterocycles. The number of nitrogens with zero attached hydrogens (tertiary/aromatic N) is 2. The summed E-state index contributed by atoms with van der Waals surface area (Å²) < 4.78 is 3.14. The van der Waals surface area contributed by atoms with Gasteiger partial charge in [0.25, 0.3) is 0 Å². The minimum Gasteiger partial charge on any atom is -0.370 e. The maximum atomic E-state index is 5.05. The first kappa shape index (κ1) is 16.6. The summed E-state index contributed by atoms with van der Waals surface area (Å²) in [6.45, 7) is 0.992. The van der Waals surface area contributed by atoms with E-state index in [1.807, 2.05) is 0 Å². The minimum absolute atomic E-state index is 0.992. The zero-order valence-corrected chi connectivity index (χ0v) is 16.5. The molecular formula is C23H20BrN3. The third-order valence-corrected chi connectivity index (χ3v) is 5.75. The van der Waals surface area contributed by atoms with Crippen molar-refractivity contribution in [3.05, 3.63) is 76.8 Å². The van der Waals surface area contributed by atoms with E-state index in [0.717, 1.165) is 34.6 Å². The number of aromatic nitrogens is 2. The third kappa shape index (κ3) is 3.04. The molecule has 0 radical (unpaired) electrons. The van der Waals surface area contributed by atoms with E-state index in [1.165, 1.54) is 34.7 Å². The molecule has 1 aromatic heterocycles. The number of rotatable bonds is 2. The molecule has 4 aromatic rings. The van der Waals surface area contributed by atoms with Gasteiger partial charge in [-0.1, -0.05) is 52.3 Å². The van der Waals surface area contributed by atoms with E-state index >= 15 is 0 Å². The van der Waals surface area contributed by atoms with Gasteiger partial charge in [0, 0.05) is 22.1 Å². The van der Waals surface area contributed by atoms with E-state index in [9.17, 15) is 0 Å². The molecule has 0 fully saturated rings. The Morgan fingerprint density at radius 3 is 2.56 bits per heavy atom. The van der Waals surface area contributed by atoms with E-state index in [4.69, 9.17) is 5.10 Å². The molecule has 0 bridgehead atoms. The van der Waals surface area contributed by atoms with Crippen LogP contribution in [0.25, 0.3) is 27.7 Å². The Bertz CT molecular complexity index is 1110. The van der Waals surface area contributed by atoms with Gasteiger partial charge in [-0.3, -0.25) is 0 Å². The smallest absolute Gasteiger partial charge is 0.133 e. The standard InChI is InChI=1S/C23H20BrN3/c24-19-10-12-20(13-11-19)27-23-21(7-3-4-14-25-23)22(26-27)18-9-8-16-5-1-2-6-17(16)15-18/h1-2,5-6,8-13,15,25H,3-4,7,14H2. The van der Waals surface area contributed by atoms with E-state index in [-0.39, 0.29) is 0 Å². The van der Waals surface area contributed by atoms with Crippen molar-refractivity contribution in [1.82, 2.24) is 9.78 Å². The highest BCUT2D eigenvalue weighted by Crippen LogP contribution is 2.35. The van der Waals surface area contributed by atoms with Crippen LogP contribution >= 0.6 is 15.9 Å². The van der Waals surface area contributed by atoms with E-state index < -0.39 is 0 Å². The molecule has 27 heavy (non-hydrogen) atoms. The van der Waals surface area contributed by atoms with Gasteiger partial charge in [-0.25, -0.2) is 4.68 Å². The zero-order chi connectivity index (χ0) is 18.2. The number of anilines is 1. The van der Waals surface area contributed by atoms with Gasteiger partial charge in [-0.15, -0.1) is 0 Å². The summed E-state index contributed by atoms with van der Waals surface area (Å²) in [4.78, 5) is 0. The van der Waals surface area contributed by atoms with Gasteiger partial charge in [-0.05, 0) is 60.4 Å². The lowest BCUT2D eigenvalue weighted by Crippen LogP contribution is -2.07. The molecule has 0 aliphatic carbocycles. The highest BCUT2D eigenvalue weighted by molar-refractivity contribution is 9.10. The average molecular weight is 418 g/mol. The predicted molar refractivity (Wildman–Crippen MR) is 116 cm³/mol. The fourth-order valence-electron chi connectivity index (χ4n) is 3.84. The molecule has 4 heteroatoms. The SMILES string of the molecule is Brc1ccc(-n2nc(-c3ccc4ccccc4c3)c3c2NCCCC3)cc1. The summed E-state index contributed by atoms with van der Waals surface area (Å²) in [7, 11) is 0. The minimum atomic E-state index is 0.992. The van der Waals surface area contributed by atoms with Gasteiger partial charge in [0.15, 0.2) is 0 Å². The van der Waals surface area contributed by atoms with Crippen molar-refractivity contribution in [3.8, 4) is 16.9 Å². The molecule has 1 aliphatic rings. The van der Waals surface area contributed by atoms with Crippen LogP contribution in [-0.2, 0) is 6.42 Å². The van der Waals surface area contributed by atoms with Crippen LogP contribution in [0, 0.1) is 0 Å². The monoisotopic (exact) mass is 417 g/mol. The van der Waals surface area contributed by atoms with Gasteiger partial charge in [-0.2, -0.15) is 5.10 Å². The van der Waals surface area contributed by atoms with Crippen LogP contribution in [0.1, 0.15) is 18.4 Å². The van der Waals surface area contributed by atoms with Gasteiger partial charge >= 0.3 is 0 Å². The zero-order valence-electron chi connectivity index (χ0n) is 15.0. The van der Waals surface area contributed by atoms with E-state index in [0.29, 0.717) is 0 Å². The maximum absolute atomic E-state index is 5.05. The second-order valence-electron chi connectivity index (χ2n) is 7.01. The Labute approximate surface area is 167 Å². The summed E-state index contributed by atoms with van der Waals surface area (Å²) in [5, 5.41) is 11.2. The van der Waals surface area contributed by atoms with Gasteiger partial charge in [0.2, 0.25) is 0 Å². The van der Waals surface area contributed by atoms with Crippen LogP contribution in [0.4, 0.5) is 5.82 Å². The van der Waals surface area contributed by atoms with Crippen molar-refractivity contribution >= 4 is 32.5 Å². The Hall–Kier alpha value is -2.59. The molecule has 0 amide bonds. The fourth-order valence-corrected chi connectivity index (χ4v) is 4.10. The molecule has 134 valence electrons. The number of halogens is 1. The fraction of sp³-hybridized carbons (Fsp3) is 0.174. The average Bonchev–Trinajstić information content (AvgIpc) is 2.89. The Morgan fingerprint density at radius 2 is 1.70 bits per heavy atom.